The Balaban J connectivity index is 2.21. The predicted octanol–water partition coefficient (Wildman–Crippen LogP) is 2.19. The normalized spacial score (nSPS) is 21.6. The Morgan fingerprint density at radius 1 is 1.27 bits per heavy atom. The van der Waals surface area contributed by atoms with Crippen LogP contribution in [0.4, 0.5) is 14.9 Å². The van der Waals surface area contributed by atoms with Gasteiger partial charge in [0, 0.05) is 18.8 Å². The molecule has 7 heteroatoms. The molecule has 0 aromatic heterocycles. The Bertz CT molecular complexity index is 581. The molecule has 1 aromatic rings. The number of hydrogen-bond donors (Lipinski definition) is 1. The van der Waals surface area contributed by atoms with Crippen molar-refractivity contribution in [3.63, 3.8) is 0 Å². The molecule has 1 heterocycles. The molecule has 0 aliphatic carbocycles. The summed E-state index contributed by atoms with van der Waals surface area (Å²) in [4.78, 5) is 25.9. The van der Waals surface area contributed by atoms with E-state index >= 15 is 0 Å². The maximum atomic E-state index is 14.0. The topological polar surface area (TPSA) is 70.1 Å². The zero-order valence-electron chi connectivity index (χ0n) is 12.7. The highest BCUT2D eigenvalue weighted by Gasteiger charge is 2.33. The van der Waals surface area contributed by atoms with Gasteiger partial charge >= 0.3 is 12.1 Å². The maximum Gasteiger partial charge on any atom is 0.407 e. The van der Waals surface area contributed by atoms with Crippen molar-refractivity contribution in [2.45, 2.75) is 25.9 Å². The van der Waals surface area contributed by atoms with Crippen molar-refractivity contribution < 1.29 is 23.8 Å². The van der Waals surface area contributed by atoms with Crippen molar-refractivity contribution in [1.82, 2.24) is 4.90 Å². The number of benzene rings is 1. The fourth-order valence-corrected chi connectivity index (χ4v) is 2.89. The van der Waals surface area contributed by atoms with Crippen LogP contribution in [-0.4, -0.2) is 54.4 Å². The number of halogens is 1. The molecule has 0 spiro atoms. The van der Waals surface area contributed by atoms with E-state index in [0.29, 0.717) is 18.8 Å². The Morgan fingerprint density at radius 2 is 1.86 bits per heavy atom. The second-order valence-corrected chi connectivity index (χ2v) is 5.45. The van der Waals surface area contributed by atoms with Gasteiger partial charge in [0.1, 0.15) is 5.82 Å². The molecule has 2 rings (SSSR count). The van der Waals surface area contributed by atoms with Crippen LogP contribution in [0.15, 0.2) is 18.2 Å². The van der Waals surface area contributed by atoms with Gasteiger partial charge in [-0.3, -0.25) is 4.90 Å². The van der Waals surface area contributed by atoms with Crippen LogP contribution in [0.5, 0.6) is 0 Å². The first-order valence-electron chi connectivity index (χ1n) is 6.99. The Labute approximate surface area is 128 Å². The van der Waals surface area contributed by atoms with Gasteiger partial charge < -0.3 is 14.7 Å². The highest BCUT2D eigenvalue weighted by molar-refractivity contribution is 5.90. The predicted molar refractivity (Wildman–Crippen MR) is 78.7 cm³/mol. The molecule has 1 N–H and O–H groups in total. The molecule has 0 bridgehead atoms. The number of nitrogens with zero attached hydrogens (tertiary/aromatic N) is 2. The number of esters is 1. The van der Waals surface area contributed by atoms with Gasteiger partial charge in [0.2, 0.25) is 0 Å². The number of hydrogen-bond acceptors (Lipinski definition) is 4. The molecule has 22 heavy (non-hydrogen) atoms. The molecule has 1 aliphatic heterocycles. The van der Waals surface area contributed by atoms with Crippen molar-refractivity contribution in [3.8, 4) is 0 Å². The van der Waals surface area contributed by atoms with Crippen molar-refractivity contribution >= 4 is 17.7 Å². The first-order valence-corrected chi connectivity index (χ1v) is 6.99. The fourth-order valence-electron chi connectivity index (χ4n) is 2.89. The van der Waals surface area contributed by atoms with Crippen LogP contribution in [0.1, 0.15) is 24.2 Å². The van der Waals surface area contributed by atoms with Crippen LogP contribution >= 0.6 is 0 Å². The van der Waals surface area contributed by atoms with E-state index in [1.807, 2.05) is 18.7 Å². The third-order valence-corrected chi connectivity index (χ3v) is 3.86. The number of rotatable bonds is 2. The molecule has 0 unspecified atom stereocenters. The summed E-state index contributed by atoms with van der Waals surface area (Å²) in [5, 5.41) is 9.20. The van der Waals surface area contributed by atoms with Crippen LogP contribution < -0.4 is 4.90 Å². The van der Waals surface area contributed by atoms with Crippen molar-refractivity contribution in [2.24, 2.45) is 0 Å². The van der Waals surface area contributed by atoms with E-state index in [1.54, 1.807) is 6.07 Å². The Morgan fingerprint density at radius 3 is 2.32 bits per heavy atom. The first-order chi connectivity index (χ1) is 10.3. The van der Waals surface area contributed by atoms with E-state index in [0.717, 1.165) is 0 Å². The molecule has 1 aliphatic rings. The number of amides is 1. The second kappa shape index (κ2) is 6.21. The maximum absolute atomic E-state index is 14.0. The SMILES string of the molecule is COC(=O)c1ccc(N2C[C@@H](C)N(C(=O)O)[C@@H](C)C2)cc1F. The summed E-state index contributed by atoms with van der Waals surface area (Å²) in [6, 6.07) is 3.90. The molecule has 0 saturated carbocycles. The van der Waals surface area contributed by atoms with Gasteiger partial charge in [0.25, 0.3) is 0 Å². The van der Waals surface area contributed by atoms with Crippen molar-refractivity contribution in [2.75, 3.05) is 25.1 Å². The van der Waals surface area contributed by atoms with Crippen LogP contribution in [0.25, 0.3) is 0 Å². The molecular formula is C15H19FN2O4. The zero-order chi connectivity index (χ0) is 16.4. The highest BCUT2D eigenvalue weighted by Crippen LogP contribution is 2.24. The molecule has 1 fully saturated rings. The monoisotopic (exact) mass is 310 g/mol. The van der Waals surface area contributed by atoms with E-state index in [1.165, 1.54) is 24.1 Å². The van der Waals surface area contributed by atoms with Crippen LogP contribution in [0.2, 0.25) is 0 Å². The number of anilines is 1. The summed E-state index contributed by atoms with van der Waals surface area (Å²) >= 11 is 0. The van der Waals surface area contributed by atoms with Crippen LogP contribution in [0.3, 0.4) is 0 Å². The Hall–Kier alpha value is -2.31. The smallest absolute Gasteiger partial charge is 0.407 e. The van der Waals surface area contributed by atoms with Gasteiger partial charge in [-0.25, -0.2) is 14.0 Å². The molecule has 2 atom stereocenters. The van der Waals surface area contributed by atoms with Crippen molar-refractivity contribution in [3.05, 3.63) is 29.6 Å². The summed E-state index contributed by atoms with van der Waals surface area (Å²) < 4.78 is 18.5. The third kappa shape index (κ3) is 2.98. The van der Waals surface area contributed by atoms with Gasteiger partial charge in [-0.05, 0) is 32.0 Å². The molecule has 1 amide bonds. The van der Waals surface area contributed by atoms with E-state index in [9.17, 15) is 19.1 Å². The lowest BCUT2D eigenvalue weighted by molar-refractivity contribution is 0.0595. The quantitative estimate of drug-likeness (QED) is 0.848. The summed E-state index contributed by atoms with van der Waals surface area (Å²) in [6.45, 7) is 4.56. The van der Waals surface area contributed by atoms with Gasteiger partial charge in [0.15, 0.2) is 0 Å². The molecule has 1 saturated heterocycles. The van der Waals surface area contributed by atoms with Crippen LogP contribution in [-0.2, 0) is 4.74 Å². The number of carbonyl (C=O) groups excluding carboxylic acids is 1. The molecular weight excluding hydrogens is 291 g/mol. The lowest BCUT2D eigenvalue weighted by atomic mass is 10.1. The minimum absolute atomic E-state index is 0.114. The molecule has 120 valence electrons. The van der Waals surface area contributed by atoms with E-state index < -0.39 is 17.9 Å². The van der Waals surface area contributed by atoms with E-state index in [-0.39, 0.29) is 17.6 Å². The minimum atomic E-state index is -0.952. The molecule has 0 radical (unpaired) electrons. The standard InChI is InChI=1S/C15H19FN2O4/c1-9-7-17(8-10(2)18(9)15(20)21)11-4-5-12(13(16)6-11)14(19)22-3/h4-6,9-10H,7-8H2,1-3H3,(H,20,21)/t9-,10+. The zero-order valence-corrected chi connectivity index (χ0v) is 12.7. The summed E-state index contributed by atoms with van der Waals surface area (Å²) in [5.74, 6) is -1.37. The van der Waals surface area contributed by atoms with Gasteiger partial charge in [-0.1, -0.05) is 0 Å². The van der Waals surface area contributed by atoms with Crippen molar-refractivity contribution in [1.29, 1.82) is 0 Å². The van der Waals surface area contributed by atoms with E-state index in [4.69, 9.17) is 0 Å². The number of ether oxygens (including phenoxy) is 1. The summed E-state index contributed by atoms with van der Waals surface area (Å²) in [7, 11) is 1.20. The molecule has 1 aromatic carbocycles. The third-order valence-electron chi connectivity index (χ3n) is 3.86. The lowest BCUT2D eigenvalue weighted by Gasteiger charge is -2.43. The average Bonchev–Trinajstić information content (AvgIpc) is 2.45. The summed E-state index contributed by atoms with van der Waals surface area (Å²) in [5.41, 5.74) is 0.505. The highest BCUT2D eigenvalue weighted by atomic mass is 19.1. The van der Waals surface area contributed by atoms with E-state index in [2.05, 4.69) is 4.74 Å². The molecule has 6 nitrogen and oxygen atoms in total. The fraction of sp³-hybridized carbons (Fsp3) is 0.467. The van der Waals surface area contributed by atoms with Gasteiger partial charge in [-0.2, -0.15) is 0 Å². The number of piperazine rings is 1. The lowest BCUT2D eigenvalue weighted by Crippen LogP contribution is -2.58. The van der Waals surface area contributed by atoms with Gasteiger partial charge in [0.05, 0.1) is 24.8 Å². The summed E-state index contributed by atoms with van der Waals surface area (Å²) in [6.07, 6.45) is -0.952. The first kappa shape index (κ1) is 16.1. The second-order valence-electron chi connectivity index (χ2n) is 5.45. The van der Waals surface area contributed by atoms with Crippen LogP contribution in [0, 0.1) is 5.82 Å². The number of carboxylic acid groups (broad SMARTS) is 1. The largest absolute Gasteiger partial charge is 0.465 e. The Kier molecular flexibility index (Phi) is 4.54. The number of methoxy groups -OCH3 is 1. The van der Waals surface area contributed by atoms with Gasteiger partial charge in [-0.15, -0.1) is 0 Å². The number of carbonyl (C=O) groups is 2. The minimum Gasteiger partial charge on any atom is -0.465 e. The average molecular weight is 310 g/mol.